The Morgan fingerprint density at radius 2 is 1.72 bits per heavy atom. The van der Waals surface area contributed by atoms with Crippen molar-refractivity contribution >= 4 is 45.8 Å². The van der Waals surface area contributed by atoms with Crippen LogP contribution in [0.15, 0.2) is 99.9 Å². The molecular weight excluding hydrogens is 636 g/mol. The van der Waals surface area contributed by atoms with Crippen molar-refractivity contribution in [2.75, 3.05) is 20.3 Å². The lowest BCUT2D eigenvalue weighted by atomic mass is 9.90. The highest BCUT2D eigenvalue weighted by Gasteiger charge is 2.36. The predicted molar refractivity (Wildman–Crippen MR) is 184 cm³/mol. The van der Waals surface area contributed by atoms with Gasteiger partial charge in [0.1, 0.15) is 18.4 Å². The Morgan fingerprint density at radius 1 is 0.957 bits per heavy atom. The van der Waals surface area contributed by atoms with Crippen molar-refractivity contribution in [3.63, 3.8) is 0 Å². The second-order valence-electron chi connectivity index (χ2n) is 10.7. The van der Waals surface area contributed by atoms with E-state index in [1.54, 1.807) is 31.6 Å². The normalized spacial score (nSPS) is 14.5. The number of fused-ring (bicyclic) bond motifs is 2. The molecule has 1 aromatic heterocycles. The van der Waals surface area contributed by atoms with Gasteiger partial charge in [-0.05, 0) is 67.4 Å². The maximum atomic E-state index is 14.3. The lowest BCUT2D eigenvalue weighted by Gasteiger charge is -2.27. The van der Waals surface area contributed by atoms with Crippen LogP contribution < -0.4 is 29.1 Å². The van der Waals surface area contributed by atoms with E-state index in [4.69, 9.17) is 35.5 Å². The fraction of sp³-hybridized carbons (Fsp3) is 0.216. The molecule has 4 aromatic carbocycles. The number of esters is 1. The van der Waals surface area contributed by atoms with Gasteiger partial charge in [0.05, 0.1) is 36.1 Å². The predicted octanol–water partition coefficient (Wildman–Crippen LogP) is 6.59. The van der Waals surface area contributed by atoms with Gasteiger partial charge < -0.3 is 18.9 Å². The highest BCUT2D eigenvalue weighted by molar-refractivity contribution is 7.07. The van der Waals surface area contributed by atoms with Crippen LogP contribution in [0.25, 0.3) is 16.8 Å². The van der Waals surface area contributed by atoms with Crippen LogP contribution in [-0.4, -0.2) is 30.9 Å². The van der Waals surface area contributed by atoms with Crippen molar-refractivity contribution in [2.24, 2.45) is 4.99 Å². The lowest BCUT2D eigenvalue weighted by Crippen LogP contribution is -2.40. The molecule has 0 bridgehead atoms. The van der Waals surface area contributed by atoms with E-state index >= 15 is 0 Å². The molecule has 0 saturated carbocycles. The first-order valence-electron chi connectivity index (χ1n) is 15.2. The largest absolute Gasteiger partial charge is 0.496 e. The maximum Gasteiger partial charge on any atom is 0.338 e. The summed E-state index contributed by atoms with van der Waals surface area (Å²) in [5.41, 5.74) is 2.77. The summed E-state index contributed by atoms with van der Waals surface area (Å²) in [6, 6.07) is 23.8. The molecule has 1 aliphatic heterocycles. The molecule has 6 rings (SSSR count). The number of ether oxygens (including phenoxy) is 4. The number of aromatic nitrogens is 1. The quantitative estimate of drug-likeness (QED) is 0.156. The fourth-order valence-corrected chi connectivity index (χ4v) is 6.96. The topological polar surface area (TPSA) is 88.4 Å². The van der Waals surface area contributed by atoms with Gasteiger partial charge in [-0.15, -0.1) is 0 Å². The summed E-state index contributed by atoms with van der Waals surface area (Å²) in [5, 5.41) is 2.43. The number of methoxy groups -OCH3 is 1. The molecule has 0 amide bonds. The molecule has 0 fully saturated rings. The lowest BCUT2D eigenvalue weighted by molar-refractivity contribution is -0.139. The summed E-state index contributed by atoms with van der Waals surface area (Å²) in [5.74, 6) is 1.12. The van der Waals surface area contributed by atoms with Crippen LogP contribution in [0.4, 0.5) is 0 Å². The van der Waals surface area contributed by atoms with Gasteiger partial charge in [0.2, 0.25) is 0 Å². The summed E-state index contributed by atoms with van der Waals surface area (Å²) in [6.45, 7) is 6.30. The molecule has 0 saturated heterocycles. The number of thiazole rings is 1. The standard InChI is InChI=1S/C37H33ClN2O6S/c1-5-44-30-19-23(15-17-28(30)46-21-25-12-8-10-14-27(25)38)20-31-35(41)40-34(32(36(42)45-6-2)22(3)39-37(40)47-31)33-26-13-9-7-11-24(26)16-18-29(33)43-4/h7-20,34H,5-6,21H2,1-4H3/b31-20+/t34-/m1/s1. The summed E-state index contributed by atoms with van der Waals surface area (Å²) >= 11 is 7.57. The molecule has 0 N–H and O–H groups in total. The van der Waals surface area contributed by atoms with Crippen LogP contribution in [0.2, 0.25) is 5.02 Å². The van der Waals surface area contributed by atoms with E-state index in [1.807, 2.05) is 85.8 Å². The highest BCUT2D eigenvalue weighted by Crippen LogP contribution is 2.40. The van der Waals surface area contributed by atoms with Crippen LogP contribution in [0.1, 0.15) is 43.5 Å². The molecule has 47 heavy (non-hydrogen) atoms. The number of nitrogens with zero attached hydrogens (tertiary/aromatic N) is 2. The van der Waals surface area contributed by atoms with E-state index < -0.39 is 12.0 Å². The van der Waals surface area contributed by atoms with Crippen LogP contribution in [0, 0.1) is 0 Å². The maximum absolute atomic E-state index is 14.3. The number of carbonyl (C=O) groups is 1. The zero-order chi connectivity index (χ0) is 33.1. The Labute approximate surface area is 280 Å². The fourth-order valence-electron chi connectivity index (χ4n) is 5.72. The highest BCUT2D eigenvalue weighted by atomic mass is 35.5. The van der Waals surface area contributed by atoms with E-state index in [-0.39, 0.29) is 18.8 Å². The molecule has 5 aromatic rings. The Bertz CT molecular complexity index is 2200. The van der Waals surface area contributed by atoms with E-state index in [1.165, 1.54) is 11.3 Å². The Hall–Kier alpha value is -4.86. The van der Waals surface area contributed by atoms with Crippen LogP contribution in [0.3, 0.4) is 0 Å². The number of allylic oxidation sites excluding steroid dienone is 1. The van der Waals surface area contributed by atoms with Crippen LogP contribution >= 0.6 is 22.9 Å². The van der Waals surface area contributed by atoms with E-state index in [0.717, 1.165) is 21.9 Å². The van der Waals surface area contributed by atoms with Crippen molar-refractivity contribution in [3.05, 3.63) is 132 Å². The number of hydrogen-bond donors (Lipinski definition) is 0. The van der Waals surface area contributed by atoms with Gasteiger partial charge in [-0.2, -0.15) is 0 Å². The summed E-state index contributed by atoms with van der Waals surface area (Å²) < 4.78 is 25.3. The molecule has 0 aliphatic carbocycles. The third kappa shape index (κ3) is 6.28. The minimum atomic E-state index is -0.826. The zero-order valence-electron chi connectivity index (χ0n) is 26.4. The second kappa shape index (κ2) is 13.9. The third-order valence-corrected chi connectivity index (χ3v) is 9.20. The number of benzene rings is 4. The number of rotatable bonds is 10. The van der Waals surface area contributed by atoms with Gasteiger partial charge in [-0.25, -0.2) is 9.79 Å². The molecule has 0 radical (unpaired) electrons. The van der Waals surface area contributed by atoms with Gasteiger partial charge in [0.25, 0.3) is 5.56 Å². The molecule has 240 valence electrons. The molecule has 8 nitrogen and oxygen atoms in total. The van der Waals surface area contributed by atoms with Crippen molar-refractivity contribution in [2.45, 2.75) is 33.4 Å². The van der Waals surface area contributed by atoms with Gasteiger partial charge >= 0.3 is 5.97 Å². The first-order chi connectivity index (χ1) is 22.8. The molecular formula is C37H33ClN2O6S. The average molecular weight is 669 g/mol. The van der Waals surface area contributed by atoms with Gasteiger partial charge in [0, 0.05) is 16.1 Å². The smallest absolute Gasteiger partial charge is 0.338 e. The van der Waals surface area contributed by atoms with E-state index in [9.17, 15) is 9.59 Å². The number of carbonyl (C=O) groups excluding carboxylic acids is 1. The Morgan fingerprint density at radius 3 is 2.49 bits per heavy atom. The minimum Gasteiger partial charge on any atom is -0.496 e. The van der Waals surface area contributed by atoms with Gasteiger partial charge in [-0.3, -0.25) is 9.36 Å². The number of hydrogen-bond acceptors (Lipinski definition) is 8. The summed E-state index contributed by atoms with van der Waals surface area (Å²) in [4.78, 5) is 33.0. The SMILES string of the molecule is CCOC(=O)C1=C(C)N=c2s/c(=C/c3ccc(OCc4ccccc4Cl)c(OCC)c3)c(=O)n2[C@H]1c1c(OC)ccc2ccccc12. The van der Waals surface area contributed by atoms with E-state index in [0.29, 0.717) is 55.0 Å². The molecule has 0 spiro atoms. The molecule has 10 heteroatoms. The van der Waals surface area contributed by atoms with Crippen molar-refractivity contribution in [3.8, 4) is 17.2 Å². The average Bonchev–Trinajstić information content (AvgIpc) is 3.37. The minimum absolute atomic E-state index is 0.180. The van der Waals surface area contributed by atoms with Gasteiger partial charge in [-0.1, -0.05) is 77.5 Å². The zero-order valence-corrected chi connectivity index (χ0v) is 28.0. The first-order valence-corrected chi connectivity index (χ1v) is 16.4. The number of halogens is 1. The van der Waals surface area contributed by atoms with Crippen LogP contribution in [-0.2, 0) is 16.1 Å². The Kier molecular flexibility index (Phi) is 9.47. The van der Waals surface area contributed by atoms with Crippen LogP contribution in [0.5, 0.6) is 17.2 Å². The molecule has 0 unspecified atom stereocenters. The van der Waals surface area contributed by atoms with Gasteiger partial charge in [0.15, 0.2) is 16.3 Å². The first kappa shape index (κ1) is 32.1. The van der Waals surface area contributed by atoms with Crippen molar-refractivity contribution < 1.29 is 23.7 Å². The summed E-state index contributed by atoms with van der Waals surface area (Å²) in [6.07, 6.45) is 1.80. The van der Waals surface area contributed by atoms with Crippen molar-refractivity contribution in [1.82, 2.24) is 4.57 Å². The molecule has 2 heterocycles. The monoisotopic (exact) mass is 668 g/mol. The third-order valence-electron chi connectivity index (χ3n) is 7.85. The molecule has 1 atom stereocenters. The Balaban J connectivity index is 1.48. The second-order valence-corrected chi connectivity index (χ2v) is 12.1. The van der Waals surface area contributed by atoms with Crippen molar-refractivity contribution in [1.29, 1.82) is 0 Å². The van der Waals surface area contributed by atoms with E-state index in [2.05, 4.69) is 0 Å². The molecule has 1 aliphatic rings. The summed E-state index contributed by atoms with van der Waals surface area (Å²) in [7, 11) is 1.58.